The Kier molecular flexibility index (Phi) is 5.30. The van der Waals surface area contributed by atoms with Crippen molar-refractivity contribution in [2.75, 3.05) is 13.2 Å². The van der Waals surface area contributed by atoms with Gasteiger partial charge in [-0.1, -0.05) is 39.5 Å². The van der Waals surface area contributed by atoms with Gasteiger partial charge >= 0.3 is 0 Å². The van der Waals surface area contributed by atoms with E-state index in [1.54, 1.807) is 0 Å². The van der Waals surface area contributed by atoms with Crippen molar-refractivity contribution in [2.24, 2.45) is 11.8 Å². The lowest BCUT2D eigenvalue weighted by molar-refractivity contribution is -0.0243. The molecule has 2 unspecified atom stereocenters. The second-order valence-electron chi connectivity index (χ2n) is 6.27. The van der Waals surface area contributed by atoms with Gasteiger partial charge in [-0.3, -0.25) is 0 Å². The van der Waals surface area contributed by atoms with E-state index in [-0.39, 0.29) is 0 Å². The van der Waals surface area contributed by atoms with E-state index in [9.17, 15) is 0 Å². The Morgan fingerprint density at radius 1 is 1.18 bits per heavy atom. The van der Waals surface area contributed by atoms with E-state index >= 15 is 0 Å². The predicted molar refractivity (Wildman–Crippen MR) is 72.2 cm³/mol. The van der Waals surface area contributed by atoms with Gasteiger partial charge < -0.3 is 10.1 Å². The molecule has 100 valence electrons. The van der Waals surface area contributed by atoms with Gasteiger partial charge in [0.15, 0.2) is 0 Å². The van der Waals surface area contributed by atoms with Crippen LogP contribution in [0.1, 0.15) is 58.8 Å². The van der Waals surface area contributed by atoms with Crippen molar-refractivity contribution in [1.29, 1.82) is 0 Å². The van der Waals surface area contributed by atoms with E-state index < -0.39 is 0 Å². The van der Waals surface area contributed by atoms with Crippen molar-refractivity contribution < 1.29 is 4.74 Å². The van der Waals surface area contributed by atoms with E-state index in [4.69, 9.17) is 4.74 Å². The highest BCUT2D eigenvalue weighted by molar-refractivity contribution is 4.79. The Balaban J connectivity index is 1.61. The van der Waals surface area contributed by atoms with E-state index in [1.807, 2.05) is 0 Å². The highest BCUT2D eigenvalue weighted by Crippen LogP contribution is 2.27. The van der Waals surface area contributed by atoms with Crippen molar-refractivity contribution >= 4 is 0 Å². The van der Waals surface area contributed by atoms with Crippen molar-refractivity contribution in [3.05, 3.63) is 0 Å². The van der Waals surface area contributed by atoms with Crippen LogP contribution in [0.2, 0.25) is 0 Å². The van der Waals surface area contributed by atoms with Gasteiger partial charge in [0.05, 0.1) is 6.10 Å². The summed E-state index contributed by atoms with van der Waals surface area (Å²) in [6.45, 7) is 6.71. The van der Waals surface area contributed by atoms with Gasteiger partial charge in [0.1, 0.15) is 0 Å². The molecule has 17 heavy (non-hydrogen) atoms. The fourth-order valence-electron chi connectivity index (χ4n) is 3.27. The van der Waals surface area contributed by atoms with Crippen LogP contribution >= 0.6 is 0 Å². The molecule has 0 aromatic carbocycles. The first kappa shape index (κ1) is 13.4. The molecule has 0 aromatic rings. The smallest absolute Gasteiger partial charge is 0.0612 e. The number of ether oxygens (including phenoxy) is 1. The molecule has 1 saturated heterocycles. The standard InChI is InChI=1S/C15H29NO/c1-12(2)15-11-14(8-10-17-15)16-9-7-13-5-3-4-6-13/h12-16H,3-11H2,1-2H3. The minimum absolute atomic E-state index is 0.479. The molecule has 2 rings (SSSR count). The lowest BCUT2D eigenvalue weighted by Gasteiger charge is -2.32. The molecule has 2 aliphatic rings. The molecule has 1 saturated carbocycles. The summed E-state index contributed by atoms with van der Waals surface area (Å²) in [6.07, 6.45) is 10.2. The van der Waals surface area contributed by atoms with Crippen LogP contribution in [0.5, 0.6) is 0 Å². The molecule has 2 fully saturated rings. The SMILES string of the molecule is CC(C)C1CC(NCCC2CCCC2)CCO1. The first-order valence-electron chi connectivity index (χ1n) is 7.60. The molecular weight excluding hydrogens is 210 g/mol. The van der Waals surface area contributed by atoms with Crippen LogP contribution in [0.15, 0.2) is 0 Å². The number of nitrogens with one attached hydrogen (secondary N) is 1. The number of rotatable bonds is 5. The molecule has 0 bridgehead atoms. The summed E-state index contributed by atoms with van der Waals surface area (Å²) in [4.78, 5) is 0. The Labute approximate surface area is 107 Å². The second kappa shape index (κ2) is 6.75. The van der Waals surface area contributed by atoms with Gasteiger partial charge in [-0.2, -0.15) is 0 Å². The zero-order valence-electron chi connectivity index (χ0n) is 11.6. The van der Waals surface area contributed by atoms with Crippen molar-refractivity contribution in [2.45, 2.75) is 70.9 Å². The van der Waals surface area contributed by atoms with Crippen LogP contribution in [0.4, 0.5) is 0 Å². The largest absolute Gasteiger partial charge is 0.378 e. The van der Waals surface area contributed by atoms with Gasteiger partial charge in [-0.05, 0) is 37.6 Å². The minimum Gasteiger partial charge on any atom is -0.378 e. The second-order valence-corrected chi connectivity index (χ2v) is 6.27. The molecule has 0 amide bonds. The molecule has 0 spiro atoms. The van der Waals surface area contributed by atoms with E-state index in [0.717, 1.165) is 12.5 Å². The maximum atomic E-state index is 5.81. The molecule has 0 aromatic heterocycles. The molecule has 1 N–H and O–H groups in total. The molecule has 1 aliphatic heterocycles. The molecule has 1 aliphatic carbocycles. The van der Waals surface area contributed by atoms with Crippen LogP contribution in [0, 0.1) is 11.8 Å². The van der Waals surface area contributed by atoms with E-state index in [2.05, 4.69) is 19.2 Å². The quantitative estimate of drug-likeness (QED) is 0.794. The molecule has 0 radical (unpaired) electrons. The average Bonchev–Trinajstić information content (AvgIpc) is 2.82. The molecular formula is C15H29NO. The van der Waals surface area contributed by atoms with Crippen molar-refractivity contribution in [3.8, 4) is 0 Å². The van der Waals surface area contributed by atoms with Gasteiger partial charge in [-0.15, -0.1) is 0 Å². The summed E-state index contributed by atoms with van der Waals surface area (Å²) in [5.74, 6) is 1.68. The number of hydrogen-bond acceptors (Lipinski definition) is 2. The third-order valence-corrected chi connectivity index (χ3v) is 4.52. The number of hydrogen-bond donors (Lipinski definition) is 1. The fourth-order valence-corrected chi connectivity index (χ4v) is 3.27. The van der Waals surface area contributed by atoms with Crippen LogP contribution in [0.3, 0.4) is 0 Å². The zero-order valence-corrected chi connectivity index (χ0v) is 11.6. The maximum Gasteiger partial charge on any atom is 0.0612 e. The summed E-state index contributed by atoms with van der Waals surface area (Å²) in [6, 6.07) is 0.706. The summed E-state index contributed by atoms with van der Waals surface area (Å²) in [5.41, 5.74) is 0. The summed E-state index contributed by atoms with van der Waals surface area (Å²) < 4.78 is 5.81. The van der Waals surface area contributed by atoms with Gasteiger partial charge in [0.2, 0.25) is 0 Å². The maximum absolute atomic E-state index is 5.81. The third-order valence-electron chi connectivity index (χ3n) is 4.52. The molecule has 1 heterocycles. The summed E-state index contributed by atoms with van der Waals surface area (Å²) in [7, 11) is 0. The average molecular weight is 239 g/mol. The Bertz CT molecular complexity index is 211. The first-order valence-corrected chi connectivity index (χ1v) is 7.60. The third kappa shape index (κ3) is 4.26. The Morgan fingerprint density at radius 3 is 2.65 bits per heavy atom. The molecule has 2 atom stereocenters. The topological polar surface area (TPSA) is 21.3 Å². The minimum atomic E-state index is 0.479. The van der Waals surface area contributed by atoms with Gasteiger partial charge in [-0.25, -0.2) is 0 Å². The molecule has 2 nitrogen and oxygen atoms in total. The monoisotopic (exact) mass is 239 g/mol. The highest BCUT2D eigenvalue weighted by atomic mass is 16.5. The fraction of sp³-hybridized carbons (Fsp3) is 1.00. The molecule has 2 heteroatoms. The van der Waals surface area contributed by atoms with Gasteiger partial charge in [0.25, 0.3) is 0 Å². The van der Waals surface area contributed by atoms with Crippen LogP contribution in [-0.2, 0) is 4.74 Å². The highest BCUT2D eigenvalue weighted by Gasteiger charge is 2.24. The summed E-state index contributed by atoms with van der Waals surface area (Å²) in [5, 5.41) is 3.75. The normalized spacial score (nSPS) is 31.2. The van der Waals surface area contributed by atoms with Gasteiger partial charge in [0, 0.05) is 12.6 Å². The van der Waals surface area contributed by atoms with E-state index in [1.165, 1.54) is 51.5 Å². The van der Waals surface area contributed by atoms with E-state index in [0.29, 0.717) is 18.1 Å². The van der Waals surface area contributed by atoms with Crippen LogP contribution in [-0.4, -0.2) is 25.3 Å². The summed E-state index contributed by atoms with van der Waals surface area (Å²) >= 11 is 0. The Morgan fingerprint density at radius 2 is 1.94 bits per heavy atom. The van der Waals surface area contributed by atoms with Crippen LogP contribution in [0.25, 0.3) is 0 Å². The van der Waals surface area contributed by atoms with Crippen molar-refractivity contribution in [1.82, 2.24) is 5.32 Å². The Hall–Kier alpha value is -0.0800. The lowest BCUT2D eigenvalue weighted by Crippen LogP contribution is -2.41. The van der Waals surface area contributed by atoms with Crippen LogP contribution < -0.4 is 5.32 Å². The predicted octanol–water partition coefficient (Wildman–Crippen LogP) is 3.36. The first-order chi connectivity index (χ1) is 8.25. The lowest BCUT2D eigenvalue weighted by atomic mass is 9.95. The van der Waals surface area contributed by atoms with Crippen molar-refractivity contribution in [3.63, 3.8) is 0 Å². The zero-order chi connectivity index (χ0) is 12.1.